The molecule has 5 heteroatoms. The number of carbonyl (C=O) groups excluding carboxylic acids is 1. The zero-order chi connectivity index (χ0) is 21.2. The number of nitrogens with one attached hydrogen (secondary N) is 1. The van der Waals surface area contributed by atoms with Crippen LogP contribution in [0, 0.1) is 6.92 Å². The van der Waals surface area contributed by atoms with Crippen molar-refractivity contribution in [3.63, 3.8) is 0 Å². The summed E-state index contributed by atoms with van der Waals surface area (Å²) >= 11 is 0. The summed E-state index contributed by atoms with van der Waals surface area (Å²) < 4.78 is 11.5. The molecule has 0 aliphatic heterocycles. The van der Waals surface area contributed by atoms with E-state index in [1.807, 2.05) is 91.9 Å². The van der Waals surface area contributed by atoms with E-state index in [0.717, 1.165) is 33.0 Å². The van der Waals surface area contributed by atoms with Crippen LogP contribution in [-0.2, 0) is 4.79 Å². The molecule has 152 valence electrons. The molecule has 0 aliphatic carbocycles. The number of fused-ring (bicyclic) bond motifs is 2. The first kappa shape index (κ1) is 18.9. The third-order valence-corrected chi connectivity index (χ3v) is 5.05. The Bertz CT molecular complexity index is 1390. The number of ether oxygens (including phenoxy) is 1. The van der Waals surface area contributed by atoms with Crippen LogP contribution >= 0.6 is 0 Å². The monoisotopic (exact) mass is 408 g/mol. The molecule has 1 N–H and O–H groups in total. The molecule has 0 aliphatic rings. The molecule has 1 amide bonds. The first-order valence-electron chi connectivity index (χ1n) is 10.0. The highest BCUT2D eigenvalue weighted by Crippen LogP contribution is 2.26. The van der Waals surface area contributed by atoms with Gasteiger partial charge in [-0.3, -0.25) is 4.79 Å². The Hall–Kier alpha value is -4.12. The van der Waals surface area contributed by atoms with Gasteiger partial charge in [0, 0.05) is 11.3 Å². The maximum atomic E-state index is 12.3. The zero-order valence-electron chi connectivity index (χ0n) is 17.0. The van der Waals surface area contributed by atoms with E-state index < -0.39 is 0 Å². The summed E-state index contributed by atoms with van der Waals surface area (Å²) in [6, 6.07) is 27.1. The highest BCUT2D eigenvalue weighted by atomic mass is 16.5. The van der Waals surface area contributed by atoms with E-state index in [1.165, 1.54) is 0 Å². The number of aromatic nitrogens is 1. The molecule has 4 aromatic carbocycles. The normalized spacial score (nSPS) is 11.0. The highest BCUT2D eigenvalue weighted by Gasteiger charge is 2.09. The molecule has 5 rings (SSSR count). The van der Waals surface area contributed by atoms with Gasteiger partial charge < -0.3 is 14.5 Å². The number of aryl methyl sites for hydroxylation is 1. The molecule has 0 saturated carbocycles. The van der Waals surface area contributed by atoms with Crippen LogP contribution < -0.4 is 10.1 Å². The number of rotatable bonds is 5. The standard InChI is InChI=1S/C26H20N2O3/c1-17-6-13-24-23(14-17)28-26(31-24)19-7-10-21(11-8-19)27-25(29)16-30-22-12-9-18-4-2-3-5-20(18)15-22/h2-15H,16H2,1H3,(H,27,29). The maximum Gasteiger partial charge on any atom is 0.262 e. The lowest BCUT2D eigenvalue weighted by Crippen LogP contribution is -2.20. The molecular weight excluding hydrogens is 388 g/mol. The van der Waals surface area contributed by atoms with Crippen molar-refractivity contribution in [1.82, 2.24) is 4.98 Å². The number of hydrogen-bond acceptors (Lipinski definition) is 4. The third kappa shape index (κ3) is 4.12. The summed E-state index contributed by atoms with van der Waals surface area (Å²) in [5.74, 6) is 0.992. The Balaban J connectivity index is 1.22. The topological polar surface area (TPSA) is 64.4 Å². The average molecular weight is 408 g/mol. The number of oxazole rings is 1. The van der Waals surface area contributed by atoms with Crippen molar-refractivity contribution in [2.45, 2.75) is 6.92 Å². The van der Waals surface area contributed by atoms with Gasteiger partial charge in [-0.1, -0.05) is 36.4 Å². The van der Waals surface area contributed by atoms with E-state index in [0.29, 0.717) is 17.3 Å². The van der Waals surface area contributed by atoms with E-state index in [4.69, 9.17) is 9.15 Å². The fraction of sp³-hybridized carbons (Fsp3) is 0.0769. The summed E-state index contributed by atoms with van der Waals surface area (Å²) in [7, 11) is 0. The Kier molecular flexibility index (Phi) is 4.84. The summed E-state index contributed by atoms with van der Waals surface area (Å²) in [6.07, 6.45) is 0. The SMILES string of the molecule is Cc1ccc2oc(-c3ccc(NC(=O)COc4ccc5ccccc5c4)cc3)nc2c1. The van der Waals surface area contributed by atoms with Gasteiger partial charge in [0.2, 0.25) is 5.89 Å². The van der Waals surface area contributed by atoms with Gasteiger partial charge in [0.15, 0.2) is 12.2 Å². The van der Waals surface area contributed by atoms with Gasteiger partial charge in [0.25, 0.3) is 5.91 Å². The van der Waals surface area contributed by atoms with Gasteiger partial charge in [-0.05, 0) is 71.8 Å². The molecular formula is C26H20N2O3. The van der Waals surface area contributed by atoms with Gasteiger partial charge >= 0.3 is 0 Å². The van der Waals surface area contributed by atoms with Crippen LogP contribution in [0.25, 0.3) is 33.3 Å². The minimum absolute atomic E-state index is 0.0649. The van der Waals surface area contributed by atoms with Crippen molar-refractivity contribution in [2.75, 3.05) is 11.9 Å². The second kappa shape index (κ2) is 7.95. The molecule has 0 atom stereocenters. The average Bonchev–Trinajstić information content (AvgIpc) is 3.21. The Morgan fingerprint density at radius 1 is 0.935 bits per heavy atom. The number of benzene rings is 4. The third-order valence-electron chi connectivity index (χ3n) is 5.05. The van der Waals surface area contributed by atoms with Crippen LogP contribution in [0.2, 0.25) is 0 Å². The van der Waals surface area contributed by atoms with Crippen molar-refractivity contribution in [3.8, 4) is 17.2 Å². The van der Waals surface area contributed by atoms with Gasteiger partial charge in [-0.2, -0.15) is 0 Å². The van der Waals surface area contributed by atoms with Crippen molar-refractivity contribution < 1.29 is 13.9 Å². The van der Waals surface area contributed by atoms with Crippen LogP contribution in [0.5, 0.6) is 5.75 Å². The molecule has 5 nitrogen and oxygen atoms in total. The fourth-order valence-corrected chi connectivity index (χ4v) is 3.46. The van der Waals surface area contributed by atoms with Crippen molar-refractivity contribution >= 4 is 33.5 Å². The lowest BCUT2D eigenvalue weighted by atomic mass is 10.1. The van der Waals surface area contributed by atoms with E-state index >= 15 is 0 Å². The van der Waals surface area contributed by atoms with E-state index in [9.17, 15) is 4.79 Å². The van der Waals surface area contributed by atoms with Crippen LogP contribution in [0.1, 0.15) is 5.56 Å². The predicted octanol–water partition coefficient (Wildman–Crippen LogP) is 5.97. The van der Waals surface area contributed by atoms with Gasteiger partial charge in [-0.15, -0.1) is 0 Å². The number of hydrogen-bond donors (Lipinski definition) is 1. The van der Waals surface area contributed by atoms with Crippen molar-refractivity contribution in [1.29, 1.82) is 0 Å². The Morgan fingerprint density at radius 3 is 2.58 bits per heavy atom. The van der Waals surface area contributed by atoms with Crippen LogP contribution in [0.3, 0.4) is 0 Å². The minimum Gasteiger partial charge on any atom is -0.484 e. The molecule has 5 aromatic rings. The maximum absolute atomic E-state index is 12.3. The molecule has 0 radical (unpaired) electrons. The molecule has 0 unspecified atom stereocenters. The Morgan fingerprint density at radius 2 is 1.74 bits per heavy atom. The summed E-state index contributed by atoms with van der Waals surface area (Å²) in [6.45, 7) is 1.96. The smallest absolute Gasteiger partial charge is 0.262 e. The molecule has 1 aromatic heterocycles. The largest absolute Gasteiger partial charge is 0.484 e. The Labute approximate surface area is 179 Å². The number of anilines is 1. The summed E-state index contributed by atoms with van der Waals surface area (Å²) in [4.78, 5) is 16.8. The first-order chi connectivity index (χ1) is 15.1. The van der Waals surface area contributed by atoms with Crippen LogP contribution in [0.15, 0.2) is 89.3 Å². The molecule has 0 saturated heterocycles. The van der Waals surface area contributed by atoms with Gasteiger partial charge in [0.05, 0.1) is 0 Å². The van der Waals surface area contributed by atoms with Gasteiger partial charge in [0.1, 0.15) is 11.3 Å². The van der Waals surface area contributed by atoms with E-state index in [1.54, 1.807) is 0 Å². The summed E-state index contributed by atoms with van der Waals surface area (Å²) in [5.41, 5.74) is 4.25. The van der Waals surface area contributed by atoms with Gasteiger partial charge in [-0.25, -0.2) is 4.98 Å². The minimum atomic E-state index is -0.224. The predicted molar refractivity (Wildman–Crippen MR) is 122 cm³/mol. The van der Waals surface area contributed by atoms with E-state index in [2.05, 4.69) is 10.3 Å². The second-order valence-corrected chi connectivity index (χ2v) is 7.41. The lowest BCUT2D eigenvalue weighted by Gasteiger charge is -2.08. The van der Waals surface area contributed by atoms with Crippen molar-refractivity contribution in [2.24, 2.45) is 0 Å². The van der Waals surface area contributed by atoms with E-state index in [-0.39, 0.29) is 12.5 Å². The highest BCUT2D eigenvalue weighted by molar-refractivity contribution is 5.92. The molecule has 31 heavy (non-hydrogen) atoms. The number of carbonyl (C=O) groups is 1. The zero-order valence-corrected chi connectivity index (χ0v) is 17.0. The fourth-order valence-electron chi connectivity index (χ4n) is 3.46. The lowest BCUT2D eigenvalue weighted by molar-refractivity contribution is -0.118. The molecule has 0 bridgehead atoms. The van der Waals surface area contributed by atoms with Crippen molar-refractivity contribution in [3.05, 3.63) is 90.5 Å². The molecule has 0 spiro atoms. The summed E-state index contributed by atoms with van der Waals surface area (Å²) in [5, 5.41) is 5.05. The number of amides is 1. The molecule has 0 fully saturated rings. The van der Waals surface area contributed by atoms with Crippen LogP contribution in [0.4, 0.5) is 5.69 Å². The number of nitrogens with zero attached hydrogens (tertiary/aromatic N) is 1. The second-order valence-electron chi connectivity index (χ2n) is 7.41. The quantitative estimate of drug-likeness (QED) is 0.389. The molecule has 1 heterocycles. The van der Waals surface area contributed by atoms with Crippen LogP contribution in [-0.4, -0.2) is 17.5 Å². The first-order valence-corrected chi connectivity index (χ1v) is 10.0.